The number of carbonyl (C=O) groups excluding carboxylic acids is 1. The Labute approximate surface area is 208 Å². The van der Waals surface area contributed by atoms with E-state index in [4.69, 9.17) is 0 Å². The molecule has 0 aliphatic rings. The second kappa shape index (κ2) is 11.8. The van der Waals surface area contributed by atoms with Crippen LogP contribution in [-0.4, -0.2) is 26.6 Å². The summed E-state index contributed by atoms with van der Waals surface area (Å²) >= 11 is 0. The van der Waals surface area contributed by atoms with E-state index in [1.165, 1.54) is 5.56 Å². The van der Waals surface area contributed by atoms with Crippen LogP contribution in [0.4, 0.5) is 5.69 Å². The number of amides is 1. The number of nitrogens with one attached hydrogen (secondary N) is 1. The van der Waals surface area contributed by atoms with E-state index in [2.05, 4.69) is 24.4 Å². The summed E-state index contributed by atoms with van der Waals surface area (Å²) in [5.41, 5.74) is 6.94. The molecule has 0 aromatic heterocycles. The molecule has 1 amide bonds. The molecule has 35 heavy (non-hydrogen) atoms. The number of nitrogens with zero attached hydrogens (tertiary/aromatic N) is 2. The van der Waals surface area contributed by atoms with Crippen LogP contribution in [0, 0.1) is 6.92 Å². The van der Waals surface area contributed by atoms with Crippen LogP contribution in [0.2, 0.25) is 0 Å². The summed E-state index contributed by atoms with van der Waals surface area (Å²) in [6, 6.07) is 23.9. The standard InChI is InChI=1S/C28H33N3O3S/c1-21(2)25-14-16-26(17-15-25)31(35(33,34)27-18-10-22(3)11-19-27)20-28(32)30-29-23(4)12-13-24-8-6-5-7-9-24/h5-11,14-19,21H,12-13,20H2,1-4H3,(H,30,32)/b29-23-. The third-order valence-corrected chi connectivity index (χ3v) is 7.52. The second-order valence-corrected chi connectivity index (χ2v) is 10.8. The zero-order valence-corrected chi connectivity index (χ0v) is 21.5. The molecule has 1 N–H and O–H groups in total. The van der Waals surface area contributed by atoms with Crippen molar-refractivity contribution < 1.29 is 13.2 Å². The van der Waals surface area contributed by atoms with Crippen molar-refractivity contribution in [3.05, 3.63) is 95.6 Å². The SMILES string of the molecule is C/C(CCc1ccccc1)=N/NC(=O)CN(c1ccc(C(C)C)cc1)S(=O)(=O)c1ccc(C)cc1. The van der Waals surface area contributed by atoms with Crippen LogP contribution in [0.1, 0.15) is 49.8 Å². The summed E-state index contributed by atoms with van der Waals surface area (Å²) in [7, 11) is -3.96. The molecule has 0 atom stereocenters. The Morgan fingerprint density at radius 3 is 2.17 bits per heavy atom. The minimum absolute atomic E-state index is 0.131. The van der Waals surface area contributed by atoms with Gasteiger partial charge in [-0.2, -0.15) is 5.10 Å². The highest BCUT2D eigenvalue weighted by molar-refractivity contribution is 7.92. The molecule has 3 aromatic carbocycles. The lowest BCUT2D eigenvalue weighted by Crippen LogP contribution is -2.39. The molecule has 0 heterocycles. The van der Waals surface area contributed by atoms with Crippen LogP contribution in [0.5, 0.6) is 0 Å². The smallest absolute Gasteiger partial charge is 0.264 e. The molecule has 3 aromatic rings. The summed E-state index contributed by atoms with van der Waals surface area (Å²) in [6.45, 7) is 7.49. The van der Waals surface area contributed by atoms with E-state index in [0.717, 1.165) is 27.6 Å². The van der Waals surface area contributed by atoms with Gasteiger partial charge in [-0.15, -0.1) is 0 Å². The second-order valence-electron chi connectivity index (χ2n) is 8.94. The Bertz CT molecular complexity index is 1250. The minimum atomic E-state index is -3.96. The Balaban J connectivity index is 1.78. The van der Waals surface area contributed by atoms with Gasteiger partial charge in [-0.3, -0.25) is 9.10 Å². The van der Waals surface area contributed by atoms with Gasteiger partial charge in [0.05, 0.1) is 10.6 Å². The molecule has 184 valence electrons. The Hall–Kier alpha value is -3.45. The van der Waals surface area contributed by atoms with Crippen molar-refractivity contribution in [3.63, 3.8) is 0 Å². The number of aryl methyl sites for hydroxylation is 2. The van der Waals surface area contributed by atoms with Gasteiger partial charge in [0.1, 0.15) is 6.54 Å². The minimum Gasteiger partial charge on any atom is -0.271 e. The first kappa shape index (κ1) is 26.2. The maximum absolute atomic E-state index is 13.5. The average Bonchev–Trinajstić information content (AvgIpc) is 2.85. The van der Waals surface area contributed by atoms with Crippen LogP contribution < -0.4 is 9.73 Å². The van der Waals surface area contributed by atoms with Gasteiger partial charge < -0.3 is 0 Å². The van der Waals surface area contributed by atoms with Crippen LogP contribution in [0.3, 0.4) is 0 Å². The number of anilines is 1. The first-order valence-corrected chi connectivity index (χ1v) is 13.2. The molecule has 0 spiro atoms. The molecule has 0 aliphatic carbocycles. The van der Waals surface area contributed by atoms with E-state index in [-0.39, 0.29) is 11.4 Å². The molecule has 3 rings (SSSR count). The Morgan fingerprint density at radius 2 is 1.57 bits per heavy atom. The van der Waals surface area contributed by atoms with Gasteiger partial charge >= 0.3 is 0 Å². The molecule has 0 saturated carbocycles. The number of carbonyl (C=O) groups is 1. The highest BCUT2D eigenvalue weighted by Crippen LogP contribution is 2.26. The van der Waals surface area contributed by atoms with Gasteiger partial charge in [0.25, 0.3) is 15.9 Å². The van der Waals surface area contributed by atoms with Gasteiger partial charge in [-0.1, -0.05) is 74.0 Å². The van der Waals surface area contributed by atoms with Crippen LogP contribution >= 0.6 is 0 Å². The van der Waals surface area contributed by atoms with E-state index < -0.39 is 15.9 Å². The highest BCUT2D eigenvalue weighted by atomic mass is 32.2. The summed E-state index contributed by atoms with van der Waals surface area (Å²) in [6.07, 6.45) is 1.49. The molecular weight excluding hydrogens is 458 g/mol. The number of hydrogen-bond donors (Lipinski definition) is 1. The van der Waals surface area contributed by atoms with Crippen molar-refractivity contribution >= 4 is 27.3 Å². The van der Waals surface area contributed by atoms with Crippen molar-refractivity contribution in [2.45, 2.75) is 51.3 Å². The zero-order valence-electron chi connectivity index (χ0n) is 20.7. The molecule has 0 aliphatic heterocycles. The zero-order chi connectivity index (χ0) is 25.4. The fraction of sp³-hybridized carbons (Fsp3) is 0.286. The molecule has 0 fully saturated rings. The number of hydrazone groups is 1. The van der Waals surface area contributed by atoms with E-state index in [9.17, 15) is 13.2 Å². The summed E-state index contributed by atoms with van der Waals surface area (Å²) in [4.78, 5) is 12.9. The number of benzene rings is 3. The number of sulfonamides is 1. The third-order valence-electron chi connectivity index (χ3n) is 5.73. The fourth-order valence-corrected chi connectivity index (χ4v) is 4.95. The van der Waals surface area contributed by atoms with Crippen LogP contribution in [0.15, 0.2) is 88.9 Å². The van der Waals surface area contributed by atoms with E-state index in [1.54, 1.807) is 36.4 Å². The first-order chi connectivity index (χ1) is 16.7. The van der Waals surface area contributed by atoms with E-state index >= 15 is 0 Å². The molecule has 7 heteroatoms. The van der Waals surface area contributed by atoms with Crippen molar-refractivity contribution in [2.24, 2.45) is 5.10 Å². The maximum Gasteiger partial charge on any atom is 0.264 e. The molecule has 0 bridgehead atoms. The predicted octanol–water partition coefficient (Wildman–Crippen LogP) is 5.44. The normalized spacial score (nSPS) is 12.0. The predicted molar refractivity (Wildman–Crippen MR) is 142 cm³/mol. The topological polar surface area (TPSA) is 78.8 Å². The Kier molecular flexibility index (Phi) is 8.82. The molecule has 0 unspecified atom stereocenters. The Morgan fingerprint density at radius 1 is 0.943 bits per heavy atom. The molecule has 6 nitrogen and oxygen atoms in total. The fourth-order valence-electron chi connectivity index (χ4n) is 3.53. The first-order valence-electron chi connectivity index (χ1n) is 11.7. The highest BCUT2D eigenvalue weighted by Gasteiger charge is 2.27. The largest absolute Gasteiger partial charge is 0.271 e. The van der Waals surface area contributed by atoms with Gasteiger partial charge in [-0.05, 0) is 68.0 Å². The molecule has 0 radical (unpaired) electrons. The van der Waals surface area contributed by atoms with E-state index in [1.807, 2.05) is 56.3 Å². The van der Waals surface area contributed by atoms with Gasteiger partial charge in [-0.25, -0.2) is 13.8 Å². The van der Waals surface area contributed by atoms with Crippen molar-refractivity contribution in [2.75, 3.05) is 10.8 Å². The van der Waals surface area contributed by atoms with Crippen molar-refractivity contribution in [3.8, 4) is 0 Å². The van der Waals surface area contributed by atoms with Gasteiger partial charge in [0.2, 0.25) is 0 Å². The quantitative estimate of drug-likeness (QED) is 0.303. The average molecular weight is 492 g/mol. The lowest BCUT2D eigenvalue weighted by atomic mass is 10.0. The van der Waals surface area contributed by atoms with Gasteiger partial charge in [0, 0.05) is 5.71 Å². The van der Waals surface area contributed by atoms with Crippen LogP contribution in [-0.2, 0) is 21.2 Å². The van der Waals surface area contributed by atoms with E-state index in [0.29, 0.717) is 18.0 Å². The van der Waals surface area contributed by atoms with Gasteiger partial charge in [0.15, 0.2) is 0 Å². The van der Waals surface area contributed by atoms with Crippen LogP contribution in [0.25, 0.3) is 0 Å². The molecule has 0 saturated heterocycles. The number of hydrogen-bond acceptors (Lipinski definition) is 4. The maximum atomic E-state index is 13.5. The lowest BCUT2D eigenvalue weighted by Gasteiger charge is -2.24. The monoisotopic (exact) mass is 491 g/mol. The summed E-state index contributed by atoms with van der Waals surface area (Å²) in [5, 5.41) is 4.19. The van der Waals surface area contributed by atoms with Crippen molar-refractivity contribution in [1.82, 2.24) is 5.43 Å². The third kappa shape index (κ3) is 7.26. The summed E-state index contributed by atoms with van der Waals surface area (Å²) < 4.78 is 28.1. The molecular formula is C28H33N3O3S. The summed E-state index contributed by atoms with van der Waals surface area (Å²) in [5.74, 6) is -0.199. The van der Waals surface area contributed by atoms with Crippen molar-refractivity contribution in [1.29, 1.82) is 0 Å². The number of rotatable bonds is 10. The lowest BCUT2D eigenvalue weighted by molar-refractivity contribution is -0.119.